The number of hydrogen-bond donors (Lipinski definition) is 0. The molecule has 0 N–H and O–H groups in total. The minimum Gasteiger partial charge on any atom is -0.497 e. The van der Waals surface area contributed by atoms with Crippen molar-refractivity contribution in [3.8, 4) is 11.5 Å². The number of hydrogen-bond acceptors (Lipinski definition) is 3. The van der Waals surface area contributed by atoms with Crippen LogP contribution in [0.5, 0.6) is 11.5 Å². The maximum absolute atomic E-state index is 5.84. The average Bonchev–Trinajstić information content (AvgIpc) is 2.70. The SMILES string of the molecule is CCCCC(CC)CN=Cc1ccc(OCc2ccc(OC)cc2)cc1. The summed E-state index contributed by atoms with van der Waals surface area (Å²) in [5.41, 5.74) is 2.24. The summed E-state index contributed by atoms with van der Waals surface area (Å²) in [7, 11) is 1.67. The van der Waals surface area contributed by atoms with Gasteiger partial charge in [0.05, 0.1) is 7.11 Å². The van der Waals surface area contributed by atoms with Gasteiger partial charge in [-0.25, -0.2) is 0 Å². The fourth-order valence-electron chi connectivity index (χ4n) is 2.76. The molecule has 3 nitrogen and oxygen atoms in total. The van der Waals surface area contributed by atoms with E-state index in [-0.39, 0.29) is 0 Å². The standard InChI is InChI=1S/C23H31NO2/c1-4-6-7-19(5-2)16-24-17-20-8-14-23(15-9-20)26-18-21-10-12-22(25-3)13-11-21/h8-15,17,19H,4-7,16,18H2,1-3H3. The Labute approximate surface area is 158 Å². The maximum Gasteiger partial charge on any atom is 0.119 e. The quantitative estimate of drug-likeness (QED) is 0.470. The van der Waals surface area contributed by atoms with Crippen LogP contribution < -0.4 is 9.47 Å². The number of rotatable bonds is 11. The number of benzene rings is 2. The summed E-state index contributed by atoms with van der Waals surface area (Å²) >= 11 is 0. The van der Waals surface area contributed by atoms with E-state index in [1.807, 2.05) is 42.6 Å². The van der Waals surface area contributed by atoms with Gasteiger partial charge in [0.1, 0.15) is 18.1 Å². The van der Waals surface area contributed by atoms with E-state index in [9.17, 15) is 0 Å². The molecular formula is C23H31NO2. The van der Waals surface area contributed by atoms with E-state index in [1.54, 1.807) is 7.11 Å². The Morgan fingerprint density at radius 3 is 2.27 bits per heavy atom. The molecule has 0 aliphatic rings. The van der Waals surface area contributed by atoms with Gasteiger partial charge in [0.2, 0.25) is 0 Å². The first-order valence-corrected chi connectivity index (χ1v) is 9.60. The molecule has 3 heteroatoms. The predicted molar refractivity (Wildman–Crippen MR) is 110 cm³/mol. The van der Waals surface area contributed by atoms with Crippen molar-refractivity contribution >= 4 is 6.21 Å². The van der Waals surface area contributed by atoms with Gasteiger partial charge in [0, 0.05) is 12.8 Å². The van der Waals surface area contributed by atoms with Crippen LogP contribution >= 0.6 is 0 Å². The first-order valence-electron chi connectivity index (χ1n) is 9.60. The second kappa shape index (κ2) is 11.3. The molecule has 0 spiro atoms. The molecule has 0 amide bonds. The molecule has 0 saturated heterocycles. The Hall–Kier alpha value is -2.29. The Bertz CT molecular complexity index is 647. The normalized spacial score (nSPS) is 12.3. The highest BCUT2D eigenvalue weighted by Gasteiger charge is 2.03. The van der Waals surface area contributed by atoms with Crippen LogP contribution in [0.15, 0.2) is 53.5 Å². The number of ether oxygens (including phenoxy) is 2. The molecule has 0 heterocycles. The fraction of sp³-hybridized carbons (Fsp3) is 0.435. The molecule has 0 bridgehead atoms. The van der Waals surface area contributed by atoms with Crippen LogP contribution in [-0.2, 0) is 6.61 Å². The molecule has 0 fully saturated rings. The smallest absolute Gasteiger partial charge is 0.119 e. The Morgan fingerprint density at radius 2 is 1.65 bits per heavy atom. The highest BCUT2D eigenvalue weighted by atomic mass is 16.5. The summed E-state index contributed by atoms with van der Waals surface area (Å²) in [6.45, 7) is 5.97. The van der Waals surface area contributed by atoms with Crippen molar-refractivity contribution in [2.75, 3.05) is 13.7 Å². The average molecular weight is 354 g/mol. The molecule has 1 unspecified atom stereocenters. The summed E-state index contributed by atoms with van der Waals surface area (Å²) in [4.78, 5) is 4.63. The third-order valence-corrected chi connectivity index (χ3v) is 4.59. The second-order valence-corrected chi connectivity index (χ2v) is 6.62. The first-order chi connectivity index (χ1) is 12.7. The van der Waals surface area contributed by atoms with Gasteiger partial charge < -0.3 is 9.47 Å². The van der Waals surface area contributed by atoms with E-state index in [1.165, 1.54) is 25.7 Å². The highest BCUT2D eigenvalue weighted by molar-refractivity contribution is 5.79. The molecule has 0 aliphatic heterocycles. The van der Waals surface area contributed by atoms with Crippen molar-refractivity contribution in [3.63, 3.8) is 0 Å². The van der Waals surface area contributed by atoms with Gasteiger partial charge in [-0.1, -0.05) is 45.2 Å². The van der Waals surface area contributed by atoms with Crippen LogP contribution in [0.2, 0.25) is 0 Å². The van der Waals surface area contributed by atoms with Crippen LogP contribution in [0.3, 0.4) is 0 Å². The Kier molecular flexibility index (Phi) is 8.74. The van der Waals surface area contributed by atoms with Crippen LogP contribution in [0.4, 0.5) is 0 Å². The third-order valence-electron chi connectivity index (χ3n) is 4.59. The topological polar surface area (TPSA) is 30.8 Å². The number of nitrogens with zero attached hydrogens (tertiary/aromatic N) is 1. The van der Waals surface area contributed by atoms with Crippen LogP contribution in [0.25, 0.3) is 0 Å². The number of unbranched alkanes of at least 4 members (excludes halogenated alkanes) is 1. The number of methoxy groups -OCH3 is 1. The Morgan fingerprint density at radius 1 is 0.962 bits per heavy atom. The molecule has 0 radical (unpaired) electrons. The summed E-state index contributed by atoms with van der Waals surface area (Å²) in [5, 5.41) is 0. The van der Waals surface area contributed by atoms with Gasteiger partial charge in [-0.15, -0.1) is 0 Å². The van der Waals surface area contributed by atoms with Crippen LogP contribution in [-0.4, -0.2) is 19.9 Å². The lowest BCUT2D eigenvalue weighted by atomic mass is 10.00. The first kappa shape index (κ1) is 20.0. The van der Waals surface area contributed by atoms with Crippen molar-refractivity contribution in [2.24, 2.45) is 10.9 Å². The molecule has 2 aromatic rings. The van der Waals surface area contributed by atoms with Crippen molar-refractivity contribution < 1.29 is 9.47 Å². The second-order valence-electron chi connectivity index (χ2n) is 6.62. The van der Waals surface area contributed by atoms with Crippen molar-refractivity contribution in [1.82, 2.24) is 0 Å². The van der Waals surface area contributed by atoms with Crippen LogP contribution in [0.1, 0.15) is 50.7 Å². The highest BCUT2D eigenvalue weighted by Crippen LogP contribution is 2.16. The largest absolute Gasteiger partial charge is 0.497 e. The lowest BCUT2D eigenvalue weighted by Gasteiger charge is -2.10. The molecule has 26 heavy (non-hydrogen) atoms. The van der Waals surface area contributed by atoms with Gasteiger partial charge in [0.25, 0.3) is 0 Å². The minimum absolute atomic E-state index is 0.549. The molecule has 140 valence electrons. The lowest BCUT2D eigenvalue weighted by Crippen LogP contribution is -2.03. The van der Waals surface area contributed by atoms with Gasteiger partial charge in [-0.05, 0) is 59.9 Å². The summed E-state index contributed by atoms with van der Waals surface area (Å²) in [5.74, 6) is 2.43. The van der Waals surface area contributed by atoms with Crippen molar-refractivity contribution in [1.29, 1.82) is 0 Å². The molecule has 0 saturated carbocycles. The Balaban J connectivity index is 1.80. The van der Waals surface area contributed by atoms with Crippen molar-refractivity contribution in [3.05, 3.63) is 59.7 Å². The summed E-state index contributed by atoms with van der Waals surface area (Å²) in [6, 6.07) is 16.0. The number of aliphatic imine (C=N–C) groups is 1. The summed E-state index contributed by atoms with van der Waals surface area (Å²) < 4.78 is 11.0. The zero-order chi connectivity index (χ0) is 18.6. The molecule has 0 aromatic heterocycles. The summed E-state index contributed by atoms with van der Waals surface area (Å²) in [6.07, 6.45) is 7.02. The van der Waals surface area contributed by atoms with Gasteiger partial charge in [-0.3, -0.25) is 4.99 Å². The van der Waals surface area contributed by atoms with E-state index >= 15 is 0 Å². The maximum atomic E-state index is 5.84. The van der Waals surface area contributed by atoms with E-state index in [0.717, 1.165) is 29.2 Å². The zero-order valence-corrected chi connectivity index (χ0v) is 16.3. The third kappa shape index (κ3) is 6.91. The van der Waals surface area contributed by atoms with Gasteiger partial charge in [0.15, 0.2) is 0 Å². The fourth-order valence-corrected chi connectivity index (χ4v) is 2.76. The van der Waals surface area contributed by atoms with Gasteiger partial charge in [-0.2, -0.15) is 0 Å². The van der Waals surface area contributed by atoms with Crippen LogP contribution in [0, 0.1) is 5.92 Å². The van der Waals surface area contributed by atoms with E-state index < -0.39 is 0 Å². The molecule has 1 atom stereocenters. The zero-order valence-electron chi connectivity index (χ0n) is 16.3. The molecule has 0 aliphatic carbocycles. The monoisotopic (exact) mass is 353 g/mol. The molecular weight excluding hydrogens is 322 g/mol. The minimum atomic E-state index is 0.549. The van der Waals surface area contributed by atoms with Crippen molar-refractivity contribution in [2.45, 2.75) is 46.1 Å². The van der Waals surface area contributed by atoms with E-state index in [2.05, 4.69) is 31.0 Å². The predicted octanol–water partition coefficient (Wildman–Crippen LogP) is 5.91. The molecule has 2 aromatic carbocycles. The van der Waals surface area contributed by atoms with Gasteiger partial charge >= 0.3 is 0 Å². The molecule has 2 rings (SSSR count). The van der Waals surface area contributed by atoms with E-state index in [0.29, 0.717) is 12.5 Å². The van der Waals surface area contributed by atoms with E-state index in [4.69, 9.17) is 9.47 Å². The lowest BCUT2D eigenvalue weighted by molar-refractivity contribution is 0.306.